The highest BCUT2D eigenvalue weighted by molar-refractivity contribution is 7.90. The Morgan fingerprint density at radius 3 is 2.41 bits per heavy atom. The Morgan fingerprint density at radius 2 is 1.71 bits per heavy atom. The van der Waals surface area contributed by atoms with Gasteiger partial charge in [0.2, 0.25) is 0 Å². The first-order chi connectivity index (χ1) is 19.6. The Kier molecular flexibility index (Phi) is 6.72. The van der Waals surface area contributed by atoms with Crippen LogP contribution in [0.15, 0.2) is 89.3 Å². The summed E-state index contributed by atoms with van der Waals surface area (Å²) in [6.07, 6.45) is 1.64. The predicted octanol–water partition coefficient (Wildman–Crippen LogP) is 7.07. The van der Waals surface area contributed by atoms with Crippen molar-refractivity contribution in [1.82, 2.24) is 19.2 Å². The second kappa shape index (κ2) is 10.3. The van der Waals surface area contributed by atoms with Crippen LogP contribution >= 0.6 is 22.9 Å². The zero-order valence-corrected chi connectivity index (χ0v) is 24.2. The average molecular weight is 604 g/mol. The van der Waals surface area contributed by atoms with E-state index in [1.807, 2.05) is 11.4 Å². The van der Waals surface area contributed by atoms with Gasteiger partial charge in [0, 0.05) is 45.9 Å². The minimum absolute atomic E-state index is 0.0320. The van der Waals surface area contributed by atoms with Crippen LogP contribution in [0.3, 0.4) is 0 Å². The molecule has 0 N–H and O–H groups in total. The Morgan fingerprint density at radius 1 is 0.976 bits per heavy atom. The maximum Gasteiger partial charge on any atom is 0.273 e. The summed E-state index contributed by atoms with van der Waals surface area (Å²) in [6.45, 7) is 4.11. The molecule has 0 saturated heterocycles. The molecule has 6 aromatic rings. The molecule has 0 aliphatic heterocycles. The van der Waals surface area contributed by atoms with Crippen LogP contribution in [0.1, 0.15) is 17.0 Å². The van der Waals surface area contributed by atoms with Gasteiger partial charge in [0.25, 0.3) is 5.69 Å². The molecule has 41 heavy (non-hydrogen) atoms. The molecule has 9 nitrogen and oxygen atoms in total. The van der Waals surface area contributed by atoms with Gasteiger partial charge in [0.15, 0.2) is 15.5 Å². The number of rotatable bonds is 7. The van der Waals surface area contributed by atoms with Gasteiger partial charge in [-0.15, -0.1) is 11.3 Å². The van der Waals surface area contributed by atoms with Crippen molar-refractivity contribution in [2.45, 2.75) is 24.5 Å². The summed E-state index contributed by atoms with van der Waals surface area (Å²) < 4.78 is 30.2. The molecule has 4 aromatic heterocycles. The summed E-state index contributed by atoms with van der Waals surface area (Å²) in [5, 5.41) is 19.1. The molecule has 0 aliphatic rings. The van der Waals surface area contributed by atoms with Crippen molar-refractivity contribution >= 4 is 44.1 Å². The monoisotopic (exact) mass is 603 g/mol. The van der Waals surface area contributed by atoms with E-state index < -0.39 is 20.5 Å². The Balaban J connectivity index is 1.44. The smallest absolute Gasteiger partial charge is 0.273 e. The number of nitrogens with zero attached hydrogens (tertiary/aromatic N) is 5. The van der Waals surface area contributed by atoms with E-state index >= 15 is 0 Å². The SMILES string of the molecule is Cc1ccc(C)n1-c1ccsc1-c1cc2nccc(-c3ccc([N+](=O)[O-])c(CS(=O)(=O)c4ccc(Cl)cc4)c3)n2n1. The molecule has 0 atom stereocenters. The number of sulfone groups is 1. The van der Waals surface area contributed by atoms with Crippen LogP contribution < -0.4 is 0 Å². The van der Waals surface area contributed by atoms with Crippen molar-refractivity contribution in [3.05, 3.63) is 116 Å². The average Bonchev–Trinajstić information content (AvgIpc) is 3.66. The van der Waals surface area contributed by atoms with E-state index in [9.17, 15) is 18.5 Å². The molecule has 2 aromatic carbocycles. The second-order valence-corrected chi connectivity index (χ2v) is 12.9. The lowest BCUT2D eigenvalue weighted by atomic mass is 10.1. The first kappa shape index (κ1) is 26.9. The van der Waals surface area contributed by atoms with Gasteiger partial charge >= 0.3 is 0 Å². The largest absolute Gasteiger partial charge is 0.317 e. The van der Waals surface area contributed by atoms with E-state index in [0.29, 0.717) is 21.9 Å². The highest BCUT2D eigenvalue weighted by Crippen LogP contribution is 2.35. The van der Waals surface area contributed by atoms with Crippen molar-refractivity contribution in [2.75, 3.05) is 0 Å². The van der Waals surface area contributed by atoms with Crippen LogP contribution in [0.4, 0.5) is 5.69 Å². The normalized spacial score (nSPS) is 11.8. The number of aryl methyl sites for hydroxylation is 2. The van der Waals surface area contributed by atoms with Crippen molar-refractivity contribution in [2.24, 2.45) is 0 Å². The van der Waals surface area contributed by atoms with Crippen molar-refractivity contribution in [3.63, 3.8) is 0 Å². The number of thiophene rings is 1. The van der Waals surface area contributed by atoms with Crippen LogP contribution in [0.25, 0.3) is 33.2 Å². The molecule has 0 unspecified atom stereocenters. The number of nitro benzene ring substituents is 1. The molecule has 0 amide bonds. The number of benzene rings is 2. The third-order valence-electron chi connectivity index (χ3n) is 6.84. The third kappa shape index (κ3) is 4.92. The van der Waals surface area contributed by atoms with Crippen LogP contribution in [0, 0.1) is 24.0 Å². The molecule has 12 heteroatoms. The maximum absolute atomic E-state index is 13.2. The van der Waals surface area contributed by atoms with E-state index in [4.69, 9.17) is 16.7 Å². The van der Waals surface area contributed by atoms with Crippen LogP contribution in [0.2, 0.25) is 5.02 Å². The van der Waals surface area contributed by atoms with Gasteiger partial charge in [-0.3, -0.25) is 10.1 Å². The Labute approximate surface area is 244 Å². The van der Waals surface area contributed by atoms with Crippen LogP contribution in [0.5, 0.6) is 0 Å². The number of hydrogen-bond donors (Lipinski definition) is 0. The van der Waals surface area contributed by atoms with Crippen molar-refractivity contribution < 1.29 is 13.3 Å². The summed E-state index contributed by atoms with van der Waals surface area (Å²) >= 11 is 7.48. The molecule has 0 bridgehead atoms. The van der Waals surface area contributed by atoms with Crippen LogP contribution in [-0.4, -0.2) is 32.5 Å². The minimum Gasteiger partial charge on any atom is -0.317 e. The van der Waals surface area contributed by atoms with Gasteiger partial charge in [-0.25, -0.2) is 17.9 Å². The highest BCUT2D eigenvalue weighted by atomic mass is 35.5. The first-order valence-corrected chi connectivity index (χ1v) is 15.4. The van der Waals surface area contributed by atoms with Crippen LogP contribution in [-0.2, 0) is 15.6 Å². The molecule has 0 radical (unpaired) electrons. The van der Waals surface area contributed by atoms with Gasteiger partial charge in [0.05, 0.1) is 31.8 Å². The summed E-state index contributed by atoms with van der Waals surface area (Å²) in [7, 11) is -3.89. The summed E-state index contributed by atoms with van der Waals surface area (Å²) in [5.74, 6) is -0.550. The summed E-state index contributed by atoms with van der Waals surface area (Å²) in [6, 6.07) is 20.0. The van der Waals surface area contributed by atoms with Gasteiger partial charge in [0.1, 0.15) is 5.69 Å². The molecular formula is C29H22ClN5O4S2. The van der Waals surface area contributed by atoms with Crippen molar-refractivity contribution in [3.8, 4) is 27.5 Å². The molecule has 0 saturated carbocycles. The standard InChI is InChI=1S/C29H22ClN5O4S2/c1-18-3-4-19(2)33(18)27-12-14-40-29(27)24-16-28-31-13-11-25(34(28)32-24)20-5-10-26(35(36)37)21(15-20)17-41(38,39)23-8-6-22(30)7-9-23/h3-16H,17H2,1-2H3. The number of aromatic nitrogens is 4. The zero-order valence-electron chi connectivity index (χ0n) is 21.9. The fraction of sp³-hybridized carbons (Fsp3) is 0.103. The van der Waals surface area contributed by atoms with Gasteiger partial charge in [-0.1, -0.05) is 11.6 Å². The quantitative estimate of drug-likeness (QED) is 0.142. The lowest BCUT2D eigenvalue weighted by molar-refractivity contribution is -0.385. The lowest BCUT2D eigenvalue weighted by Gasteiger charge is -2.10. The predicted molar refractivity (Wildman–Crippen MR) is 160 cm³/mol. The summed E-state index contributed by atoms with van der Waals surface area (Å²) in [5.41, 5.74) is 5.53. The molecule has 6 rings (SSSR count). The Hall–Kier alpha value is -4.32. The zero-order chi connectivity index (χ0) is 28.9. The molecule has 0 fully saturated rings. The molecule has 0 spiro atoms. The number of fused-ring (bicyclic) bond motifs is 1. The fourth-order valence-corrected chi connectivity index (χ4v) is 7.23. The Bertz CT molecular complexity index is 2040. The molecule has 206 valence electrons. The second-order valence-electron chi connectivity index (χ2n) is 9.53. The van der Waals surface area contributed by atoms with E-state index in [0.717, 1.165) is 27.6 Å². The van der Waals surface area contributed by atoms with Gasteiger partial charge in [-0.2, -0.15) is 5.10 Å². The molecule has 4 heterocycles. The third-order valence-corrected chi connectivity index (χ3v) is 9.70. The molecular weight excluding hydrogens is 582 g/mol. The molecule has 0 aliphatic carbocycles. The fourth-order valence-electron chi connectivity index (χ4n) is 4.91. The first-order valence-electron chi connectivity index (χ1n) is 12.5. The lowest BCUT2D eigenvalue weighted by Crippen LogP contribution is -2.07. The van der Waals surface area contributed by atoms with E-state index in [-0.39, 0.29) is 16.1 Å². The number of halogens is 1. The minimum atomic E-state index is -3.89. The number of nitro groups is 1. The van der Waals surface area contributed by atoms with Crippen molar-refractivity contribution in [1.29, 1.82) is 0 Å². The van der Waals surface area contributed by atoms with E-state index in [1.165, 1.54) is 36.4 Å². The van der Waals surface area contributed by atoms with E-state index in [2.05, 4.69) is 41.6 Å². The van der Waals surface area contributed by atoms with E-state index in [1.54, 1.807) is 34.2 Å². The highest BCUT2D eigenvalue weighted by Gasteiger charge is 2.24. The maximum atomic E-state index is 13.2. The number of hydrogen-bond acceptors (Lipinski definition) is 7. The summed E-state index contributed by atoms with van der Waals surface area (Å²) in [4.78, 5) is 16.7. The van der Waals surface area contributed by atoms with Gasteiger partial charge in [-0.05, 0) is 79.9 Å². The topological polar surface area (TPSA) is 112 Å². The van der Waals surface area contributed by atoms with Gasteiger partial charge < -0.3 is 4.57 Å².